The largest absolute Gasteiger partial charge is 0.434 e. The molecule has 0 atom stereocenters. The van der Waals surface area contributed by atoms with Crippen LogP contribution in [0, 0.1) is 0 Å². The average molecular weight is 305 g/mol. The van der Waals surface area contributed by atoms with Gasteiger partial charge in [0.05, 0.1) is 0 Å². The van der Waals surface area contributed by atoms with Crippen molar-refractivity contribution in [2.24, 2.45) is 5.73 Å². The number of aromatic nitrogens is 3. The Bertz CT molecular complexity index is 750. The van der Waals surface area contributed by atoms with E-state index < -0.39 is 11.7 Å². The van der Waals surface area contributed by atoms with Crippen molar-refractivity contribution < 1.29 is 14.0 Å². The molecule has 0 aliphatic carbocycles. The molecule has 2 aromatic heterocycles. The number of nitrogens with two attached hydrogens (primary N) is 1. The van der Waals surface area contributed by atoms with Crippen LogP contribution in [0.15, 0.2) is 21.3 Å². The molecule has 116 valence electrons. The SMILES string of the molecule is NC(=O)c1ccc(C(=O)N2CCC(c3n[nH]c(=O)o3)CC2)[nH]1. The Morgan fingerprint density at radius 2 is 1.95 bits per heavy atom. The molecule has 0 aromatic carbocycles. The molecule has 0 saturated carbocycles. The fourth-order valence-corrected chi connectivity index (χ4v) is 2.58. The molecule has 1 fully saturated rings. The third-order valence-corrected chi connectivity index (χ3v) is 3.77. The van der Waals surface area contributed by atoms with Gasteiger partial charge in [0.2, 0.25) is 5.89 Å². The van der Waals surface area contributed by atoms with E-state index in [2.05, 4.69) is 15.2 Å². The van der Waals surface area contributed by atoms with E-state index in [9.17, 15) is 14.4 Å². The molecule has 0 bridgehead atoms. The summed E-state index contributed by atoms with van der Waals surface area (Å²) in [6, 6.07) is 3.03. The minimum Gasteiger partial charge on any atom is -0.392 e. The van der Waals surface area contributed by atoms with Gasteiger partial charge in [-0.25, -0.2) is 9.89 Å². The molecule has 1 saturated heterocycles. The minimum absolute atomic E-state index is 0.0211. The van der Waals surface area contributed by atoms with Crippen LogP contribution in [-0.4, -0.2) is 45.0 Å². The summed E-state index contributed by atoms with van der Waals surface area (Å²) in [6.07, 6.45) is 1.31. The number of carbonyl (C=O) groups excluding carboxylic acids is 2. The van der Waals surface area contributed by atoms with Gasteiger partial charge in [-0.1, -0.05) is 0 Å². The molecule has 0 radical (unpaired) electrons. The number of piperidine rings is 1. The molecule has 1 aliphatic heterocycles. The summed E-state index contributed by atoms with van der Waals surface area (Å²) in [7, 11) is 0. The van der Waals surface area contributed by atoms with Gasteiger partial charge in [0.1, 0.15) is 11.4 Å². The van der Waals surface area contributed by atoms with Crippen molar-refractivity contribution in [2.75, 3.05) is 13.1 Å². The standard InChI is InChI=1S/C13H15N5O4/c14-10(19)8-1-2-9(15-8)12(20)18-5-3-7(4-6-18)11-16-17-13(21)22-11/h1-2,7,15H,3-6H2,(H2,14,19)(H,17,21). The molecule has 4 N–H and O–H groups in total. The zero-order chi connectivity index (χ0) is 15.7. The van der Waals surface area contributed by atoms with Gasteiger partial charge >= 0.3 is 5.76 Å². The Balaban J connectivity index is 1.64. The smallest absolute Gasteiger partial charge is 0.392 e. The highest BCUT2D eigenvalue weighted by atomic mass is 16.4. The number of rotatable bonds is 3. The predicted molar refractivity (Wildman–Crippen MR) is 74.3 cm³/mol. The van der Waals surface area contributed by atoms with Crippen LogP contribution in [0.5, 0.6) is 0 Å². The first-order valence-electron chi connectivity index (χ1n) is 6.88. The predicted octanol–water partition coefficient (Wildman–Crippen LogP) is -0.190. The van der Waals surface area contributed by atoms with E-state index in [1.807, 2.05) is 0 Å². The number of carbonyl (C=O) groups is 2. The normalized spacial score (nSPS) is 15.9. The molecule has 0 unspecified atom stereocenters. The third kappa shape index (κ3) is 2.65. The number of hydrogen-bond acceptors (Lipinski definition) is 5. The lowest BCUT2D eigenvalue weighted by Gasteiger charge is -2.30. The first kappa shape index (κ1) is 14.1. The van der Waals surface area contributed by atoms with Gasteiger partial charge in [-0.3, -0.25) is 9.59 Å². The maximum absolute atomic E-state index is 12.3. The van der Waals surface area contributed by atoms with Gasteiger partial charge in [0.15, 0.2) is 0 Å². The number of nitrogens with zero attached hydrogens (tertiary/aromatic N) is 2. The van der Waals surface area contributed by atoms with Crippen molar-refractivity contribution in [3.63, 3.8) is 0 Å². The van der Waals surface area contributed by atoms with Crippen LogP contribution in [-0.2, 0) is 0 Å². The molecule has 9 heteroatoms. The molecule has 3 heterocycles. The van der Waals surface area contributed by atoms with Crippen molar-refractivity contribution in [1.29, 1.82) is 0 Å². The molecule has 9 nitrogen and oxygen atoms in total. The molecule has 3 rings (SSSR count). The Labute approximate surface area is 124 Å². The summed E-state index contributed by atoms with van der Waals surface area (Å²) in [5.41, 5.74) is 5.69. The number of aromatic amines is 2. The van der Waals surface area contributed by atoms with Crippen molar-refractivity contribution in [2.45, 2.75) is 18.8 Å². The van der Waals surface area contributed by atoms with Crippen molar-refractivity contribution in [1.82, 2.24) is 20.1 Å². The Hall–Kier alpha value is -2.84. The maximum Gasteiger partial charge on any atom is 0.434 e. The van der Waals surface area contributed by atoms with Crippen LogP contribution in [0.4, 0.5) is 0 Å². The Kier molecular flexibility index (Phi) is 3.53. The first-order valence-corrected chi connectivity index (χ1v) is 6.88. The zero-order valence-electron chi connectivity index (χ0n) is 11.7. The molecular formula is C13H15N5O4. The lowest BCUT2D eigenvalue weighted by molar-refractivity contribution is 0.0700. The van der Waals surface area contributed by atoms with Crippen LogP contribution in [0.2, 0.25) is 0 Å². The Morgan fingerprint density at radius 3 is 2.50 bits per heavy atom. The quantitative estimate of drug-likeness (QED) is 0.721. The van der Waals surface area contributed by atoms with Crippen LogP contribution in [0.3, 0.4) is 0 Å². The van der Waals surface area contributed by atoms with Crippen molar-refractivity contribution in [3.05, 3.63) is 40.0 Å². The fourth-order valence-electron chi connectivity index (χ4n) is 2.58. The summed E-state index contributed by atoms with van der Waals surface area (Å²) in [6.45, 7) is 1.04. The number of likely N-dealkylation sites (tertiary alicyclic amines) is 1. The van der Waals surface area contributed by atoms with Crippen LogP contribution < -0.4 is 11.5 Å². The number of primary amides is 1. The van der Waals surface area contributed by atoms with Gasteiger partial charge in [-0.05, 0) is 25.0 Å². The Morgan fingerprint density at radius 1 is 1.27 bits per heavy atom. The van der Waals surface area contributed by atoms with Gasteiger partial charge < -0.3 is 20.0 Å². The topological polar surface area (TPSA) is 138 Å². The second-order valence-corrected chi connectivity index (χ2v) is 5.17. The zero-order valence-corrected chi connectivity index (χ0v) is 11.7. The summed E-state index contributed by atoms with van der Waals surface area (Å²) in [5.74, 6) is -0.958. The minimum atomic E-state index is -0.605. The highest BCUT2D eigenvalue weighted by Gasteiger charge is 2.28. The molecule has 0 spiro atoms. The van der Waals surface area contributed by atoms with E-state index in [0.717, 1.165) is 0 Å². The van der Waals surface area contributed by atoms with Crippen molar-refractivity contribution in [3.8, 4) is 0 Å². The van der Waals surface area contributed by atoms with Gasteiger partial charge in [-0.2, -0.15) is 0 Å². The highest BCUT2D eigenvalue weighted by Crippen LogP contribution is 2.26. The maximum atomic E-state index is 12.3. The van der Waals surface area contributed by atoms with E-state index in [0.29, 0.717) is 37.5 Å². The average Bonchev–Trinajstić information content (AvgIpc) is 3.16. The first-order chi connectivity index (χ1) is 10.5. The monoisotopic (exact) mass is 305 g/mol. The second kappa shape index (κ2) is 5.51. The molecule has 2 amide bonds. The number of H-pyrrole nitrogens is 2. The molecule has 2 aromatic rings. The van der Waals surface area contributed by atoms with E-state index in [-0.39, 0.29) is 17.5 Å². The van der Waals surface area contributed by atoms with E-state index in [4.69, 9.17) is 10.2 Å². The van der Waals surface area contributed by atoms with E-state index in [1.165, 1.54) is 6.07 Å². The van der Waals surface area contributed by atoms with Crippen LogP contribution in [0.25, 0.3) is 0 Å². The molecule has 22 heavy (non-hydrogen) atoms. The van der Waals surface area contributed by atoms with Gasteiger partial charge in [0, 0.05) is 19.0 Å². The third-order valence-electron chi connectivity index (χ3n) is 3.77. The molecule has 1 aliphatic rings. The summed E-state index contributed by atoms with van der Waals surface area (Å²) in [5, 5.41) is 6.06. The fraction of sp³-hybridized carbons (Fsp3) is 0.385. The highest BCUT2D eigenvalue weighted by molar-refractivity contribution is 5.96. The lowest BCUT2D eigenvalue weighted by Crippen LogP contribution is -2.38. The second-order valence-electron chi connectivity index (χ2n) is 5.17. The van der Waals surface area contributed by atoms with Crippen molar-refractivity contribution >= 4 is 11.8 Å². The van der Waals surface area contributed by atoms with E-state index >= 15 is 0 Å². The van der Waals surface area contributed by atoms with Crippen LogP contribution >= 0.6 is 0 Å². The summed E-state index contributed by atoms with van der Waals surface area (Å²) < 4.78 is 4.95. The molecular weight excluding hydrogens is 290 g/mol. The number of amides is 2. The summed E-state index contributed by atoms with van der Waals surface area (Å²) >= 11 is 0. The number of nitrogens with one attached hydrogen (secondary N) is 2. The number of hydrogen-bond donors (Lipinski definition) is 3. The summed E-state index contributed by atoms with van der Waals surface area (Å²) in [4.78, 5) is 38.7. The van der Waals surface area contributed by atoms with Gasteiger partial charge in [0.25, 0.3) is 11.8 Å². The van der Waals surface area contributed by atoms with E-state index in [1.54, 1.807) is 11.0 Å². The lowest BCUT2D eigenvalue weighted by atomic mass is 9.96. The van der Waals surface area contributed by atoms with Gasteiger partial charge in [-0.15, -0.1) is 5.10 Å². The van der Waals surface area contributed by atoms with Crippen LogP contribution in [0.1, 0.15) is 45.6 Å².